The number of nitrogens with one attached hydrogen (secondary N) is 1. The van der Waals surface area contributed by atoms with Gasteiger partial charge in [-0.1, -0.05) is 0 Å². The molecule has 2 unspecified atom stereocenters. The van der Waals surface area contributed by atoms with Crippen LogP contribution in [-0.4, -0.2) is 63.5 Å². The van der Waals surface area contributed by atoms with Crippen LogP contribution in [0.25, 0.3) is 0 Å². The molecule has 0 radical (unpaired) electrons. The zero-order chi connectivity index (χ0) is 11.9. The van der Waals surface area contributed by atoms with Gasteiger partial charge in [-0.2, -0.15) is 0 Å². The number of morpholine rings is 1. The van der Waals surface area contributed by atoms with Crippen molar-refractivity contribution in [1.29, 1.82) is 0 Å². The highest BCUT2D eigenvalue weighted by atomic mass is 16.5. The van der Waals surface area contributed by atoms with Gasteiger partial charge in [-0.25, -0.2) is 0 Å². The maximum Gasteiger partial charge on any atom is 0.0730 e. The Bertz CT molecular complexity index is 214. The maximum atomic E-state index is 5.81. The van der Waals surface area contributed by atoms with Gasteiger partial charge in [-0.15, -0.1) is 0 Å². The van der Waals surface area contributed by atoms with Crippen molar-refractivity contribution in [3.05, 3.63) is 0 Å². The van der Waals surface area contributed by atoms with Gasteiger partial charge in [0.1, 0.15) is 0 Å². The van der Waals surface area contributed by atoms with Crippen molar-refractivity contribution in [3.63, 3.8) is 0 Å². The molecule has 0 aromatic rings. The van der Waals surface area contributed by atoms with E-state index in [0.717, 1.165) is 45.8 Å². The molecule has 0 amide bonds. The predicted octanol–water partition coefficient (Wildman–Crippen LogP) is 0.866. The summed E-state index contributed by atoms with van der Waals surface area (Å²) in [5.74, 6) is 0. The summed E-state index contributed by atoms with van der Waals surface area (Å²) in [5.41, 5.74) is 0. The molecule has 1 aliphatic carbocycles. The molecule has 0 aromatic heterocycles. The lowest BCUT2D eigenvalue weighted by Gasteiger charge is -2.37. The smallest absolute Gasteiger partial charge is 0.0730 e. The summed E-state index contributed by atoms with van der Waals surface area (Å²) >= 11 is 0. The fourth-order valence-corrected chi connectivity index (χ4v) is 2.97. The summed E-state index contributed by atoms with van der Waals surface area (Å²) in [6.45, 7) is 6.21. The molecule has 1 aliphatic heterocycles. The van der Waals surface area contributed by atoms with Gasteiger partial charge in [0.25, 0.3) is 0 Å². The van der Waals surface area contributed by atoms with Crippen LogP contribution in [0.5, 0.6) is 0 Å². The minimum absolute atomic E-state index is 0.525. The summed E-state index contributed by atoms with van der Waals surface area (Å²) < 4.78 is 10.8. The van der Waals surface area contributed by atoms with Gasteiger partial charge < -0.3 is 14.8 Å². The molecule has 0 aromatic carbocycles. The van der Waals surface area contributed by atoms with Gasteiger partial charge in [0.2, 0.25) is 0 Å². The first kappa shape index (κ1) is 13.3. The van der Waals surface area contributed by atoms with Gasteiger partial charge in [0.05, 0.1) is 12.7 Å². The van der Waals surface area contributed by atoms with Crippen LogP contribution >= 0.6 is 0 Å². The number of ether oxygens (including phenoxy) is 2. The molecule has 1 heterocycles. The quantitative estimate of drug-likeness (QED) is 0.672. The van der Waals surface area contributed by atoms with Crippen LogP contribution < -0.4 is 5.32 Å². The van der Waals surface area contributed by atoms with Crippen molar-refractivity contribution in [3.8, 4) is 0 Å². The Morgan fingerprint density at radius 2 is 2.29 bits per heavy atom. The van der Waals surface area contributed by atoms with Crippen LogP contribution in [0, 0.1) is 0 Å². The zero-order valence-corrected chi connectivity index (χ0v) is 11.0. The van der Waals surface area contributed by atoms with Crippen LogP contribution in [0.3, 0.4) is 0 Å². The monoisotopic (exact) mass is 242 g/mol. The summed E-state index contributed by atoms with van der Waals surface area (Å²) in [7, 11) is 1.76. The predicted molar refractivity (Wildman–Crippen MR) is 68.3 cm³/mol. The molecule has 2 rings (SSSR count). The first-order chi connectivity index (χ1) is 8.42. The Labute approximate surface area is 105 Å². The summed E-state index contributed by atoms with van der Waals surface area (Å²) in [4.78, 5) is 2.62. The summed E-state index contributed by atoms with van der Waals surface area (Å²) in [6.07, 6.45) is 5.56. The highest BCUT2D eigenvalue weighted by Crippen LogP contribution is 2.29. The van der Waals surface area contributed by atoms with Crippen molar-refractivity contribution in [1.82, 2.24) is 10.2 Å². The van der Waals surface area contributed by atoms with Crippen molar-refractivity contribution in [2.45, 2.75) is 37.8 Å². The number of hydrogen-bond donors (Lipinski definition) is 1. The molecule has 2 fully saturated rings. The van der Waals surface area contributed by atoms with Gasteiger partial charge in [-0.3, -0.25) is 4.90 Å². The van der Waals surface area contributed by atoms with Gasteiger partial charge >= 0.3 is 0 Å². The molecule has 2 atom stereocenters. The maximum absolute atomic E-state index is 5.81. The van der Waals surface area contributed by atoms with Crippen molar-refractivity contribution < 1.29 is 9.47 Å². The van der Waals surface area contributed by atoms with E-state index in [2.05, 4.69) is 10.2 Å². The van der Waals surface area contributed by atoms with E-state index < -0.39 is 0 Å². The Hall–Kier alpha value is -0.160. The molecule has 17 heavy (non-hydrogen) atoms. The van der Waals surface area contributed by atoms with Crippen LogP contribution in [0.4, 0.5) is 0 Å². The van der Waals surface area contributed by atoms with E-state index >= 15 is 0 Å². The minimum atomic E-state index is 0.525. The molecule has 2 aliphatic rings. The van der Waals surface area contributed by atoms with E-state index in [1.165, 1.54) is 19.3 Å². The van der Waals surface area contributed by atoms with E-state index in [1.807, 2.05) is 0 Å². The molecule has 1 N–H and O–H groups in total. The second kappa shape index (κ2) is 7.31. The molecule has 1 saturated carbocycles. The zero-order valence-electron chi connectivity index (χ0n) is 11.0. The lowest BCUT2D eigenvalue weighted by molar-refractivity contribution is -0.0548. The number of methoxy groups -OCH3 is 1. The Balaban J connectivity index is 1.58. The SMILES string of the molecule is COCCCNCCN1CCOC2CCCC21. The third-order valence-electron chi connectivity index (χ3n) is 3.87. The van der Waals surface area contributed by atoms with Crippen molar-refractivity contribution >= 4 is 0 Å². The molecule has 1 saturated heterocycles. The fourth-order valence-electron chi connectivity index (χ4n) is 2.97. The van der Waals surface area contributed by atoms with Crippen LogP contribution in [0.15, 0.2) is 0 Å². The van der Waals surface area contributed by atoms with E-state index in [0.29, 0.717) is 12.1 Å². The minimum Gasteiger partial charge on any atom is -0.385 e. The topological polar surface area (TPSA) is 33.7 Å². The normalized spacial score (nSPS) is 29.5. The average Bonchev–Trinajstić information content (AvgIpc) is 2.82. The van der Waals surface area contributed by atoms with E-state index in [-0.39, 0.29) is 0 Å². The van der Waals surface area contributed by atoms with E-state index in [9.17, 15) is 0 Å². The summed E-state index contributed by atoms with van der Waals surface area (Å²) in [6, 6.07) is 0.699. The lowest BCUT2D eigenvalue weighted by Crippen LogP contribution is -2.50. The second-order valence-corrected chi connectivity index (χ2v) is 5.04. The van der Waals surface area contributed by atoms with E-state index in [4.69, 9.17) is 9.47 Å². The Kier molecular flexibility index (Phi) is 5.71. The molecular formula is C13H26N2O2. The standard InChI is InChI=1S/C13H26N2O2/c1-16-10-3-6-14-7-8-15-9-11-17-13-5-2-4-12(13)15/h12-14H,2-11H2,1H3. The van der Waals surface area contributed by atoms with Crippen molar-refractivity contribution in [2.24, 2.45) is 0 Å². The molecule has 4 nitrogen and oxygen atoms in total. The van der Waals surface area contributed by atoms with Gasteiger partial charge in [0, 0.05) is 39.4 Å². The van der Waals surface area contributed by atoms with Crippen LogP contribution in [0.1, 0.15) is 25.7 Å². The molecule has 100 valence electrons. The Morgan fingerprint density at radius 1 is 1.35 bits per heavy atom. The van der Waals surface area contributed by atoms with Gasteiger partial charge in [-0.05, 0) is 32.2 Å². The number of rotatable bonds is 7. The van der Waals surface area contributed by atoms with E-state index in [1.54, 1.807) is 7.11 Å². The third-order valence-corrected chi connectivity index (χ3v) is 3.87. The second-order valence-electron chi connectivity index (χ2n) is 5.04. The number of nitrogens with zero attached hydrogens (tertiary/aromatic N) is 1. The number of hydrogen-bond acceptors (Lipinski definition) is 4. The highest BCUT2D eigenvalue weighted by molar-refractivity contribution is 4.89. The molecular weight excluding hydrogens is 216 g/mol. The first-order valence-corrected chi connectivity index (χ1v) is 6.97. The largest absolute Gasteiger partial charge is 0.385 e. The number of fused-ring (bicyclic) bond motifs is 1. The average molecular weight is 242 g/mol. The molecule has 4 heteroatoms. The third kappa shape index (κ3) is 3.91. The van der Waals surface area contributed by atoms with Crippen molar-refractivity contribution in [2.75, 3.05) is 46.5 Å². The first-order valence-electron chi connectivity index (χ1n) is 6.97. The van der Waals surface area contributed by atoms with Crippen LogP contribution in [0.2, 0.25) is 0 Å². The molecule has 0 bridgehead atoms. The Morgan fingerprint density at radius 3 is 3.18 bits per heavy atom. The fraction of sp³-hybridized carbons (Fsp3) is 1.00. The van der Waals surface area contributed by atoms with Crippen LogP contribution in [-0.2, 0) is 9.47 Å². The van der Waals surface area contributed by atoms with Gasteiger partial charge in [0.15, 0.2) is 0 Å². The lowest BCUT2D eigenvalue weighted by atomic mass is 10.1. The summed E-state index contributed by atoms with van der Waals surface area (Å²) in [5, 5.41) is 3.48. The molecule has 0 spiro atoms. The highest BCUT2D eigenvalue weighted by Gasteiger charge is 2.35.